The number of para-hydroxylation sites is 1. The third-order valence-electron chi connectivity index (χ3n) is 4.47. The average molecular weight is 309 g/mol. The van der Waals surface area contributed by atoms with Gasteiger partial charge in [0.1, 0.15) is 0 Å². The van der Waals surface area contributed by atoms with Crippen molar-refractivity contribution in [3.63, 3.8) is 0 Å². The zero-order valence-electron chi connectivity index (χ0n) is 12.7. The van der Waals surface area contributed by atoms with E-state index < -0.39 is 10.8 Å². The Morgan fingerprint density at radius 3 is 2.73 bits per heavy atom. The summed E-state index contributed by atoms with van der Waals surface area (Å²) >= 11 is 0. The van der Waals surface area contributed by atoms with Crippen LogP contribution in [0.3, 0.4) is 0 Å². The molecule has 3 heteroatoms. The van der Waals surface area contributed by atoms with E-state index in [0.29, 0.717) is 5.75 Å². The van der Waals surface area contributed by atoms with Gasteiger partial charge >= 0.3 is 0 Å². The van der Waals surface area contributed by atoms with Crippen molar-refractivity contribution in [1.82, 2.24) is 4.57 Å². The Labute approximate surface area is 133 Å². The van der Waals surface area contributed by atoms with Gasteiger partial charge in [-0.3, -0.25) is 4.21 Å². The van der Waals surface area contributed by atoms with E-state index in [2.05, 4.69) is 41.8 Å². The highest BCUT2D eigenvalue weighted by Crippen LogP contribution is 2.41. The SMILES string of the molecule is CCCCn1c2c(c3ccccc31)CS(=O)c1ccccc1-2. The molecule has 112 valence electrons. The van der Waals surface area contributed by atoms with E-state index in [1.807, 2.05) is 18.2 Å². The van der Waals surface area contributed by atoms with Gasteiger partial charge in [-0.25, -0.2) is 0 Å². The molecule has 2 aromatic carbocycles. The highest BCUT2D eigenvalue weighted by Gasteiger charge is 2.27. The van der Waals surface area contributed by atoms with Gasteiger partial charge in [0.25, 0.3) is 0 Å². The van der Waals surface area contributed by atoms with Crippen LogP contribution < -0.4 is 0 Å². The van der Waals surface area contributed by atoms with Crippen LogP contribution in [0.5, 0.6) is 0 Å². The minimum Gasteiger partial charge on any atom is -0.340 e. The van der Waals surface area contributed by atoms with Crippen LogP contribution in [0.15, 0.2) is 53.4 Å². The number of benzene rings is 2. The number of unbranched alkanes of at least 4 members (excludes halogenated alkanes) is 1. The molecule has 0 fully saturated rings. The van der Waals surface area contributed by atoms with Gasteiger partial charge in [-0.05, 0) is 24.1 Å². The van der Waals surface area contributed by atoms with Gasteiger partial charge in [-0.1, -0.05) is 49.7 Å². The third-order valence-corrected chi connectivity index (χ3v) is 5.87. The lowest BCUT2D eigenvalue weighted by atomic mass is 10.1. The van der Waals surface area contributed by atoms with E-state index >= 15 is 0 Å². The maximum absolute atomic E-state index is 12.6. The van der Waals surface area contributed by atoms with Crippen LogP contribution in [0.2, 0.25) is 0 Å². The third kappa shape index (κ3) is 1.96. The summed E-state index contributed by atoms with van der Waals surface area (Å²) in [5.41, 5.74) is 4.96. The molecule has 1 atom stereocenters. The van der Waals surface area contributed by atoms with E-state index in [9.17, 15) is 4.21 Å². The van der Waals surface area contributed by atoms with E-state index in [4.69, 9.17) is 0 Å². The Hall–Kier alpha value is -1.87. The van der Waals surface area contributed by atoms with E-state index in [0.717, 1.165) is 23.4 Å². The molecule has 0 radical (unpaired) electrons. The Balaban J connectivity index is 2.06. The first-order valence-electron chi connectivity index (χ1n) is 7.89. The first-order chi connectivity index (χ1) is 10.8. The topological polar surface area (TPSA) is 22.0 Å². The van der Waals surface area contributed by atoms with Crippen LogP contribution in [-0.2, 0) is 23.1 Å². The van der Waals surface area contributed by atoms with E-state index in [1.165, 1.54) is 28.6 Å². The van der Waals surface area contributed by atoms with Crippen LogP contribution in [0.4, 0.5) is 0 Å². The van der Waals surface area contributed by atoms with Gasteiger partial charge in [0, 0.05) is 27.9 Å². The normalized spacial score (nSPS) is 16.5. The zero-order valence-corrected chi connectivity index (χ0v) is 13.5. The van der Waals surface area contributed by atoms with Crippen LogP contribution in [0.1, 0.15) is 25.3 Å². The molecule has 22 heavy (non-hydrogen) atoms. The quantitative estimate of drug-likeness (QED) is 0.685. The summed E-state index contributed by atoms with van der Waals surface area (Å²) in [6.45, 7) is 3.24. The second kappa shape index (κ2) is 5.40. The van der Waals surface area contributed by atoms with Crippen molar-refractivity contribution in [3.8, 4) is 11.3 Å². The molecule has 1 aliphatic rings. The van der Waals surface area contributed by atoms with Gasteiger partial charge in [0.2, 0.25) is 0 Å². The fourth-order valence-corrected chi connectivity index (χ4v) is 4.80. The molecule has 0 aliphatic carbocycles. The summed E-state index contributed by atoms with van der Waals surface area (Å²) in [7, 11) is -0.938. The van der Waals surface area contributed by atoms with E-state index in [-0.39, 0.29) is 0 Å². The lowest BCUT2D eigenvalue weighted by Crippen LogP contribution is -2.09. The number of hydrogen-bond acceptors (Lipinski definition) is 1. The number of fused-ring (bicyclic) bond motifs is 5. The maximum Gasteiger partial charge on any atom is 0.0582 e. The predicted molar refractivity (Wildman–Crippen MR) is 92.4 cm³/mol. The zero-order chi connectivity index (χ0) is 15.1. The second-order valence-electron chi connectivity index (χ2n) is 5.84. The van der Waals surface area contributed by atoms with Crippen molar-refractivity contribution in [2.75, 3.05) is 0 Å². The molecule has 2 heterocycles. The Morgan fingerprint density at radius 2 is 1.86 bits per heavy atom. The molecule has 0 spiro atoms. The molecular weight excluding hydrogens is 290 g/mol. The molecule has 4 rings (SSSR count). The van der Waals surface area contributed by atoms with Gasteiger partial charge in [0.05, 0.1) is 22.2 Å². The number of rotatable bonds is 3. The molecule has 3 aromatic rings. The Kier molecular flexibility index (Phi) is 3.38. The lowest BCUT2D eigenvalue weighted by molar-refractivity contribution is 0.651. The van der Waals surface area contributed by atoms with Crippen LogP contribution >= 0.6 is 0 Å². The van der Waals surface area contributed by atoms with Crippen LogP contribution in [0.25, 0.3) is 22.2 Å². The van der Waals surface area contributed by atoms with Crippen molar-refractivity contribution >= 4 is 21.7 Å². The van der Waals surface area contributed by atoms with Crippen molar-refractivity contribution in [3.05, 3.63) is 54.1 Å². The van der Waals surface area contributed by atoms with Crippen LogP contribution in [-0.4, -0.2) is 8.78 Å². The predicted octanol–water partition coefficient (Wildman–Crippen LogP) is 4.73. The maximum atomic E-state index is 12.6. The van der Waals surface area contributed by atoms with Gasteiger partial charge < -0.3 is 4.57 Å². The van der Waals surface area contributed by atoms with Crippen molar-refractivity contribution < 1.29 is 4.21 Å². The van der Waals surface area contributed by atoms with Crippen LogP contribution in [0, 0.1) is 0 Å². The molecule has 0 saturated carbocycles. The molecular formula is C19H19NOS. The fraction of sp³-hybridized carbons (Fsp3) is 0.263. The molecule has 1 aliphatic heterocycles. The largest absolute Gasteiger partial charge is 0.340 e. The summed E-state index contributed by atoms with van der Waals surface area (Å²) in [6.07, 6.45) is 2.34. The summed E-state index contributed by atoms with van der Waals surface area (Å²) < 4.78 is 15.1. The minimum atomic E-state index is -0.938. The summed E-state index contributed by atoms with van der Waals surface area (Å²) in [5.74, 6) is 0.631. The fourth-order valence-electron chi connectivity index (χ4n) is 3.45. The molecule has 0 saturated heterocycles. The molecule has 1 unspecified atom stereocenters. The first kappa shape index (κ1) is 13.8. The average Bonchev–Trinajstić information content (AvgIpc) is 2.87. The second-order valence-corrected chi connectivity index (χ2v) is 7.26. The van der Waals surface area contributed by atoms with Gasteiger partial charge in [-0.2, -0.15) is 0 Å². The van der Waals surface area contributed by atoms with Gasteiger partial charge in [-0.15, -0.1) is 0 Å². The highest BCUT2D eigenvalue weighted by atomic mass is 32.2. The van der Waals surface area contributed by atoms with Crippen molar-refractivity contribution in [2.45, 2.75) is 37.0 Å². The van der Waals surface area contributed by atoms with E-state index in [1.54, 1.807) is 0 Å². The molecule has 0 amide bonds. The number of aryl methyl sites for hydroxylation is 1. The molecule has 2 nitrogen and oxygen atoms in total. The molecule has 0 N–H and O–H groups in total. The Bertz CT molecular complexity index is 878. The monoisotopic (exact) mass is 309 g/mol. The highest BCUT2D eigenvalue weighted by molar-refractivity contribution is 7.84. The lowest BCUT2D eigenvalue weighted by Gasteiger charge is -2.19. The molecule has 1 aromatic heterocycles. The summed E-state index contributed by atoms with van der Waals surface area (Å²) in [5, 5.41) is 1.26. The number of aromatic nitrogens is 1. The summed E-state index contributed by atoms with van der Waals surface area (Å²) in [4.78, 5) is 0.982. The Morgan fingerprint density at radius 1 is 1.09 bits per heavy atom. The first-order valence-corrected chi connectivity index (χ1v) is 9.21. The molecule has 0 bridgehead atoms. The summed E-state index contributed by atoms with van der Waals surface area (Å²) in [6, 6.07) is 16.7. The van der Waals surface area contributed by atoms with Gasteiger partial charge in [0.15, 0.2) is 0 Å². The smallest absolute Gasteiger partial charge is 0.0582 e. The van der Waals surface area contributed by atoms with Crippen molar-refractivity contribution in [1.29, 1.82) is 0 Å². The number of nitrogens with zero attached hydrogens (tertiary/aromatic N) is 1. The van der Waals surface area contributed by atoms with Crippen molar-refractivity contribution in [2.24, 2.45) is 0 Å². The minimum absolute atomic E-state index is 0.631. The number of hydrogen-bond donors (Lipinski definition) is 0. The standard InChI is InChI=1S/C19H19NOS/c1-2-3-12-20-17-10-6-4-8-14(17)16-13-22(21)18-11-7-5-9-15(18)19(16)20/h4-11H,2-3,12-13H2,1H3.